The molecule has 0 aliphatic carbocycles. The molecule has 0 spiro atoms. The Morgan fingerprint density at radius 1 is 1.50 bits per heavy atom. The molecule has 1 unspecified atom stereocenters. The molecule has 1 aromatic carbocycles. The number of nitrogens with zero attached hydrogens (tertiary/aromatic N) is 1. The lowest BCUT2D eigenvalue weighted by molar-refractivity contribution is 0.584. The summed E-state index contributed by atoms with van der Waals surface area (Å²) >= 11 is 1.67. The maximum atomic E-state index is 11.9. The molecule has 1 fully saturated rings. The summed E-state index contributed by atoms with van der Waals surface area (Å²) in [4.78, 5) is 1.93. The number of sulfone groups is 1. The topological polar surface area (TPSA) is 87.2 Å². The molecule has 3 N–H and O–H groups in total. The fourth-order valence-corrected chi connectivity index (χ4v) is 5.20. The first-order valence-corrected chi connectivity index (χ1v) is 9.40. The van der Waals surface area contributed by atoms with Gasteiger partial charge in [0.2, 0.25) is 0 Å². The number of aryl methyl sites for hydroxylation is 1. The maximum Gasteiger partial charge on any atom is 0.169 e. The highest BCUT2D eigenvalue weighted by atomic mass is 32.2. The van der Waals surface area contributed by atoms with E-state index in [9.17, 15) is 8.42 Å². The van der Waals surface area contributed by atoms with Gasteiger partial charge in [0.05, 0.1) is 0 Å². The van der Waals surface area contributed by atoms with Crippen LogP contribution in [0.25, 0.3) is 0 Å². The number of nitrogens with one attached hydrogen (secondary N) is 1. The van der Waals surface area contributed by atoms with Gasteiger partial charge in [-0.15, -0.1) is 0 Å². The van der Waals surface area contributed by atoms with Crippen molar-refractivity contribution in [3.63, 3.8) is 0 Å². The third-order valence-electron chi connectivity index (χ3n) is 3.41. The zero-order valence-corrected chi connectivity index (χ0v) is 13.2. The van der Waals surface area contributed by atoms with Gasteiger partial charge in [-0.05, 0) is 30.7 Å². The summed E-state index contributed by atoms with van der Waals surface area (Å²) < 4.78 is 23.8. The fraction of sp³-hybridized carbons (Fsp3) is 0.462. The van der Waals surface area contributed by atoms with E-state index in [1.165, 1.54) is 6.26 Å². The number of hydrogen-bond acceptors (Lipinski definition) is 5. The standard InChI is InChI=1S/C13H19N3O2S2/c1-9-7-10(3-4-11(9)13(14)15)16-5-6-19-8-12(16)20(2,17)18/h3-4,7,12H,5-6,8H2,1-2H3,(H3,14,15). The van der Waals surface area contributed by atoms with Crippen LogP contribution in [0.15, 0.2) is 18.2 Å². The number of rotatable bonds is 3. The Hall–Kier alpha value is -1.21. The molecule has 7 heteroatoms. The molecule has 0 amide bonds. The van der Waals surface area contributed by atoms with Crippen LogP contribution < -0.4 is 10.6 Å². The van der Waals surface area contributed by atoms with Crippen LogP contribution in [0.5, 0.6) is 0 Å². The Kier molecular flexibility index (Phi) is 4.29. The van der Waals surface area contributed by atoms with Crippen molar-refractivity contribution in [3.05, 3.63) is 29.3 Å². The average Bonchev–Trinajstić information content (AvgIpc) is 2.37. The van der Waals surface area contributed by atoms with Crippen molar-refractivity contribution < 1.29 is 8.42 Å². The second kappa shape index (κ2) is 5.65. The Labute approximate surface area is 124 Å². The molecule has 0 aromatic heterocycles. The summed E-state index contributed by atoms with van der Waals surface area (Å²) in [5, 5.41) is 7.01. The first-order chi connectivity index (χ1) is 9.30. The lowest BCUT2D eigenvalue weighted by atomic mass is 10.1. The van der Waals surface area contributed by atoms with Crippen LogP contribution in [-0.4, -0.2) is 43.9 Å². The van der Waals surface area contributed by atoms with Crippen LogP contribution in [0, 0.1) is 12.3 Å². The number of amidine groups is 1. The monoisotopic (exact) mass is 313 g/mol. The molecule has 1 aromatic rings. The van der Waals surface area contributed by atoms with E-state index in [2.05, 4.69) is 0 Å². The lowest BCUT2D eigenvalue weighted by Gasteiger charge is -2.36. The van der Waals surface area contributed by atoms with E-state index in [1.54, 1.807) is 17.8 Å². The van der Waals surface area contributed by atoms with Crippen LogP contribution in [0.2, 0.25) is 0 Å². The molecule has 2 rings (SSSR count). The van der Waals surface area contributed by atoms with Crippen LogP contribution >= 0.6 is 11.8 Å². The first kappa shape index (κ1) is 15.2. The van der Waals surface area contributed by atoms with Crippen molar-refractivity contribution in [3.8, 4) is 0 Å². The molecule has 110 valence electrons. The van der Waals surface area contributed by atoms with Crippen molar-refractivity contribution in [1.29, 1.82) is 5.41 Å². The summed E-state index contributed by atoms with van der Waals surface area (Å²) in [5.41, 5.74) is 7.97. The number of nitrogens with two attached hydrogens (primary N) is 1. The van der Waals surface area contributed by atoms with Gasteiger partial charge in [0.25, 0.3) is 0 Å². The third kappa shape index (κ3) is 3.09. The molecule has 20 heavy (non-hydrogen) atoms. The van der Waals surface area contributed by atoms with Gasteiger partial charge in [-0.3, -0.25) is 5.41 Å². The molecule has 0 bridgehead atoms. The van der Waals surface area contributed by atoms with E-state index in [0.717, 1.165) is 17.0 Å². The van der Waals surface area contributed by atoms with E-state index >= 15 is 0 Å². The molecule has 1 atom stereocenters. The van der Waals surface area contributed by atoms with Gasteiger partial charge in [-0.1, -0.05) is 0 Å². The van der Waals surface area contributed by atoms with E-state index < -0.39 is 15.2 Å². The van der Waals surface area contributed by atoms with Crippen LogP contribution in [0.3, 0.4) is 0 Å². The number of benzene rings is 1. The highest BCUT2D eigenvalue weighted by Gasteiger charge is 2.31. The quantitative estimate of drug-likeness (QED) is 0.647. The number of nitrogen functional groups attached to an aromatic ring is 1. The van der Waals surface area contributed by atoms with Gasteiger partial charge in [-0.25, -0.2) is 8.42 Å². The fourth-order valence-electron chi connectivity index (χ4n) is 2.36. The molecular weight excluding hydrogens is 294 g/mol. The summed E-state index contributed by atoms with van der Waals surface area (Å²) in [6.45, 7) is 2.59. The van der Waals surface area contributed by atoms with Gasteiger partial charge in [0.1, 0.15) is 11.2 Å². The largest absolute Gasteiger partial charge is 0.384 e. The van der Waals surface area contributed by atoms with Crippen molar-refractivity contribution in [2.45, 2.75) is 12.3 Å². The normalized spacial score (nSPS) is 19.9. The summed E-state index contributed by atoms with van der Waals surface area (Å²) in [6.07, 6.45) is 1.29. The smallest absolute Gasteiger partial charge is 0.169 e. The molecule has 5 nitrogen and oxygen atoms in total. The van der Waals surface area contributed by atoms with E-state index in [0.29, 0.717) is 17.9 Å². The minimum Gasteiger partial charge on any atom is -0.384 e. The summed E-state index contributed by atoms with van der Waals surface area (Å²) in [5.74, 6) is 1.54. The summed E-state index contributed by atoms with van der Waals surface area (Å²) in [7, 11) is -3.12. The predicted octanol–water partition coefficient (Wildman–Crippen LogP) is 1.20. The Bertz CT molecular complexity index is 629. The van der Waals surface area contributed by atoms with E-state index in [-0.39, 0.29) is 5.84 Å². The zero-order chi connectivity index (χ0) is 14.9. The predicted molar refractivity (Wildman–Crippen MR) is 85.5 cm³/mol. The molecule has 1 heterocycles. The Morgan fingerprint density at radius 2 is 2.20 bits per heavy atom. The number of thioether (sulfide) groups is 1. The number of hydrogen-bond donors (Lipinski definition) is 2. The molecular formula is C13H19N3O2S2. The van der Waals surface area contributed by atoms with Crippen molar-refractivity contribution in [1.82, 2.24) is 0 Å². The van der Waals surface area contributed by atoms with Crippen LogP contribution in [0.4, 0.5) is 5.69 Å². The molecule has 1 aliphatic heterocycles. The van der Waals surface area contributed by atoms with E-state index in [4.69, 9.17) is 11.1 Å². The Balaban J connectivity index is 2.38. The molecule has 0 radical (unpaired) electrons. The van der Waals surface area contributed by atoms with Crippen LogP contribution in [0.1, 0.15) is 11.1 Å². The Morgan fingerprint density at radius 3 is 2.75 bits per heavy atom. The zero-order valence-electron chi connectivity index (χ0n) is 11.6. The third-order valence-corrected chi connectivity index (χ3v) is 6.05. The highest BCUT2D eigenvalue weighted by molar-refractivity contribution is 8.01. The molecule has 1 aliphatic rings. The van der Waals surface area contributed by atoms with E-state index in [1.807, 2.05) is 24.0 Å². The maximum absolute atomic E-state index is 11.9. The van der Waals surface area contributed by atoms with Crippen molar-refractivity contribution in [2.24, 2.45) is 5.73 Å². The van der Waals surface area contributed by atoms with Crippen molar-refractivity contribution >= 4 is 33.1 Å². The lowest BCUT2D eigenvalue weighted by Crippen LogP contribution is -2.47. The minimum absolute atomic E-state index is 0.0305. The molecule has 1 saturated heterocycles. The minimum atomic E-state index is -3.12. The van der Waals surface area contributed by atoms with Gasteiger partial charge >= 0.3 is 0 Å². The second-order valence-corrected chi connectivity index (χ2v) is 8.32. The van der Waals surface area contributed by atoms with Gasteiger partial charge in [0, 0.05) is 35.6 Å². The highest BCUT2D eigenvalue weighted by Crippen LogP contribution is 2.28. The SMILES string of the molecule is Cc1cc(N2CCSCC2S(C)(=O)=O)ccc1C(=N)N. The summed E-state index contributed by atoms with van der Waals surface area (Å²) in [6, 6.07) is 5.54. The first-order valence-electron chi connectivity index (χ1n) is 6.29. The second-order valence-electron chi connectivity index (χ2n) is 4.97. The average molecular weight is 313 g/mol. The van der Waals surface area contributed by atoms with Crippen molar-refractivity contribution in [2.75, 3.05) is 29.2 Å². The number of anilines is 1. The van der Waals surface area contributed by atoms with Gasteiger partial charge in [-0.2, -0.15) is 11.8 Å². The van der Waals surface area contributed by atoms with Crippen LogP contribution in [-0.2, 0) is 9.84 Å². The molecule has 0 saturated carbocycles. The van der Waals surface area contributed by atoms with Gasteiger partial charge in [0.15, 0.2) is 9.84 Å². The van der Waals surface area contributed by atoms with Gasteiger partial charge < -0.3 is 10.6 Å².